The Balaban J connectivity index is 2.05. The van der Waals surface area contributed by atoms with Gasteiger partial charge in [-0.25, -0.2) is 8.78 Å². The molecule has 4 nitrogen and oxygen atoms in total. The zero-order valence-corrected chi connectivity index (χ0v) is 10.6. The van der Waals surface area contributed by atoms with E-state index in [1.165, 1.54) is 0 Å². The van der Waals surface area contributed by atoms with Crippen molar-refractivity contribution < 1.29 is 18.3 Å². The lowest BCUT2D eigenvalue weighted by Crippen LogP contribution is -2.57. The minimum atomic E-state index is -1.10. The van der Waals surface area contributed by atoms with E-state index in [1.54, 1.807) is 6.92 Å². The minimum Gasteiger partial charge on any atom is -0.488 e. The van der Waals surface area contributed by atoms with E-state index in [0.29, 0.717) is 0 Å². The molecule has 6 heteroatoms. The number of nitrogens with two attached hydrogens (primary N) is 1. The van der Waals surface area contributed by atoms with Gasteiger partial charge in [-0.2, -0.15) is 0 Å². The summed E-state index contributed by atoms with van der Waals surface area (Å²) in [5, 5.41) is 3.06. The third kappa shape index (κ3) is 3.41. The first kappa shape index (κ1) is 13.7. The van der Waals surface area contributed by atoms with Crippen LogP contribution in [0.4, 0.5) is 8.78 Å². The molecule has 1 unspecified atom stereocenters. The Morgan fingerprint density at radius 3 is 2.79 bits per heavy atom. The van der Waals surface area contributed by atoms with Crippen LogP contribution in [0.25, 0.3) is 0 Å². The average Bonchev–Trinajstić information content (AvgIpc) is 3.14. The van der Waals surface area contributed by atoms with Gasteiger partial charge in [-0.15, -0.1) is 0 Å². The predicted octanol–water partition coefficient (Wildman–Crippen LogP) is 1.34. The number of amides is 1. The molecule has 0 aromatic heterocycles. The monoisotopic (exact) mass is 270 g/mol. The molecule has 104 valence electrons. The molecule has 1 aliphatic rings. The lowest BCUT2D eigenvalue weighted by atomic mass is 10.0. The highest BCUT2D eigenvalue weighted by Gasteiger charge is 2.38. The highest BCUT2D eigenvalue weighted by Crippen LogP contribution is 2.24. The third-order valence-corrected chi connectivity index (χ3v) is 3.05. The molecule has 1 aromatic rings. The van der Waals surface area contributed by atoms with Crippen molar-refractivity contribution >= 4 is 5.91 Å². The Hall–Kier alpha value is -1.69. The fraction of sp³-hybridized carbons (Fsp3) is 0.462. The van der Waals surface area contributed by atoms with Crippen LogP contribution in [0.15, 0.2) is 18.2 Å². The largest absolute Gasteiger partial charge is 0.488 e. The smallest absolute Gasteiger partial charge is 0.240 e. The van der Waals surface area contributed by atoms with Gasteiger partial charge in [-0.3, -0.25) is 10.1 Å². The zero-order chi connectivity index (χ0) is 14.0. The second-order valence-electron chi connectivity index (χ2n) is 4.98. The van der Waals surface area contributed by atoms with Gasteiger partial charge < -0.3 is 10.5 Å². The Morgan fingerprint density at radius 1 is 1.53 bits per heavy atom. The van der Waals surface area contributed by atoms with Gasteiger partial charge in [0.2, 0.25) is 5.91 Å². The number of halogens is 2. The Bertz CT molecular complexity index is 492. The van der Waals surface area contributed by atoms with Crippen molar-refractivity contribution in [2.24, 2.45) is 5.73 Å². The summed E-state index contributed by atoms with van der Waals surface area (Å²) in [6.45, 7) is 1.43. The van der Waals surface area contributed by atoms with Crippen molar-refractivity contribution in [3.63, 3.8) is 0 Å². The van der Waals surface area contributed by atoms with Crippen LogP contribution in [0.3, 0.4) is 0 Å². The van der Waals surface area contributed by atoms with Crippen molar-refractivity contribution in [1.82, 2.24) is 5.32 Å². The topological polar surface area (TPSA) is 64.3 Å². The van der Waals surface area contributed by atoms with Crippen molar-refractivity contribution in [2.45, 2.75) is 31.3 Å². The minimum absolute atomic E-state index is 0.154. The first-order valence-electron chi connectivity index (χ1n) is 6.06. The molecular formula is C13H16F2N2O2. The first-order valence-corrected chi connectivity index (χ1v) is 6.06. The van der Waals surface area contributed by atoms with Crippen LogP contribution in [0.5, 0.6) is 5.75 Å². The van der Waals surface area contributed by atoms with Crippen LogP contribution in [-0.2, 0) is 4.79 Å². The van der Waals surface area contributed by atoms with Gasteiger partial charge in [0, 0.05) is 12.1 Å². The van der Waals surface area contributed by atoms with E-state index in [4.69, 9.17) is 10.5 Å². The molecular weight excluding hydrogens is 254 g/mol. The molecule has 1 saturated carbocycles. The number of carbonyl (C=O) groups is 1. The maximum atomic E-state index is 13.4. The van der Waals surface area contributed by atoms with E-state index in [9.17, 15) is 13.6 Å². The summed E-state index contributed by atoms with van der Waals surface area (Å²) in [7, 11) is 0. The fourth-order valence-electron chi connectivity index (χ4n) is 1.67. The molecule has 3 N–H and O–H groups in total. The summed E-state index contributed by atoms with van der Waals surface area (Å²) in [4.78, 5) is 11.5. The van der Waals surface area contributed by atoms with Gasteiger partial charge in [0.1, 0.15) is 18.0 Å². The van der Waals surface area contributed by atoms with Gasteiger partial charge >= 0.3 is 0 Å². The van der Waals surface area contributed by atoms with Gasteiger partial charge in [-0.1, -0.05) is 0 Å². The fourth-order valence-corrected chi connectivity index (χ4v) is 1.67. The Morgan fingerprint density at radius 2 is 2.21 bits per heavy atom. The number of carbonyl (C=O) groups excluding carboxylic acids is 1. The van der Waals surface area contributed by atoms with E-state index in [2.05, 4.69) is 5.32 Å². The molecule has 0 bridgehead atoms. The molecule has 1 fully saturated rings. The van der Waals surface area contributed by atoms with Crippen LogP contribution >= 0.6 is 0 Å². The first-order chi connectivity index (χ1) is 8.90. The lowest BCUT2D eigenvalue weighted by Gasteiger charge is -2.27. The second-order valence-corrected chi connectivity index (χ2v) is 4.98. The molecule has 1 atom stereocenters. The van der Waals surface area contributed by atoms with Crippen molar-refractivity contribution in [3.8, 4) is 5.75 Å². The maximum absolute atomic E-state index is 13.4. The summed E-state index contributed by atoms with van der Waals surface area (Å²) in [6, 6.07) is 3.14. The normalized spacial score (nSPS) is 17.8. The SMILES string of the molecule is CC(COc1cc(F)ccc1F)(NC1CC1)C(N)=O. The van der Waals surface area contributed by atoms with Crippen LogP contribution in [-0.4, -0.2) is 24.1 Å². The summed E-state index contributed by atoms with van der Waals surface area (Å²) in [5.74, 6) is -2.10. The molecule has 0 saturated heterocycles. The molecule has 1 amide bonds. The lowest BCUT2D eigenvalue weighted by molar-refractivity contribution is -0.125. The van der Waals surface area contributed by atoms with E-state index < -0.39 is 23.1 Å². The van der Waals surface area contributed by atoms with E-state index >= 15 is 0 Å². The number of rotatable bonds is 6. The molecule has 19 heavy (non-hydrogen) atoms. The van der Waals surface area contributed by atoms with Crippen LogP contribution < -0.4 is 15.8 Å². The van der Waals surface area contributed by atoms with E-state index in [-0.39, 0.29) is 18.4 Å². The number of benzene rings is 1. The number of hydrogen-bond acceptors (Lipinski definition) is 3. The summed E-state index contributed by atoms with van der Waals surface area (Å²) in [6.07, 6.45) is 1.94. The van der Waals surface area contributed by atoms with Gasteiger partial charge in [-0.05, 0) is 31.9 Å². The van der Waals surface area contributed by atoms with Gasteiger partial charge in [0.05, 0.1) is 0 Å². The highest BCUT2D eigenvalue weighted by atomic mass is 19.1. The number of primary amides is 1. The summed E-state index contributed by atoms with van der Waals surface area (Å²) >= 11 is 0. The molecule has 0 heterocycles. The van der Waals surface area contributed by atoms with Crippen molar-refractivity contribution in [2.75, 3.05) is 6.61 Å². The number of ether oxygens (including phenoxy) is 1. The number of hydrogen-bond donors (Lipinski definition) is 2. The predicted molar refractivity (Wildman–Crippen MR) is 65.6 cm³/mol. The highest BCUT2D eigenvalue weighted by molar-refractivity contribution is 5.84. The maximum Gasteiger partial charge on any atom is 0.240 e. The quantitative estimate of drug-likeness (QED) is 0.820. The van der Waals surface area contributed by atoms with Crippen LogP contribution in [0.1, 0.15) is 19.8 Å². The van der Waals surface area contributed by atoms with E-state index in [0.717, 1.165) is 31.0 Å². The Labute approximate surface area is 109 Å². The summed E-state index contributed by atoms with van der Waals surface area (Å²) < 4.78 is 31.6. The number of nitrogens with one attached hydrogen (secondary N) is 1. The average molecular weight is 270 g/mol. The van der Waals surface area contributed by atoms with Gasteiger partial charge in [0.15, 0.2) is 11.6 Å². The van der Waals surface area contributed by atoms with Crippen LogP contribution in [0.2, 0.25) is 0 Å². The van der Waals surface area contributed by atoms with Crippen molar-refractivity contribution in [3.05, 3.63) is 29.8 Å². The molecule has 1 aromatic carbocycles. The molecule has 1 aliphatic carbocycles. The molecule has 2 rings (SSSR count). The molecule has 0 aliphatic heterocycles. The molecule has 0 spiro atoms. The van der Waals surface area contributed by atoms with E-state index in [1.807, 2.05) is 0 Å². The zero-order valence-electron chi connectivity index (χ0n) is 10.6. The molecule has 0 radical (unpaired) electrons. The third-order valence-electron chi connectivity index (χ3n) is 3.05. The van der Waals surface area contributed by atoms with Gasteiger partial charge in [0.25, 0.3) is 0 Å². The van der Waals surface area contributed by atoms with Crippen molar-refractivity contribution in [1.29, 1.82) is 0 Å². The standard InChI is InChI=1S/C13H16F2N2O2/c1-13(12(16)18,17-9-3-4-9)7-19-11-6-8(14)2-5-10(11)15/h2,5-6,9,17H,3-4,7H2,1H3,(H2,16,18). The Kier molecular flexibility index (Phi) is 3.71. The second kappa shape index (κ2) is 5.13. The summed E-state index contributed by atoms with van der Waals surface area (Å²) in [5.41, 5.74) is 4.23. The van der Waals surface area contributed by atoms with Crippen LogP contribution in [0, 0.1) is 11.6 Å².